The summed E-state index contributed by atoms with van der Waals surface area (Å²) in [5.74, 6) is 0.307. The second-order valence-corrected chi connectivity index (χ2v) is 7.74. The highest BCUT2D eigenvalue weighted by Gasteiger charge is 2.30. The largest absolute Gasteiger partial charge is 0.294 e. The fourth-order valence-corrected chi connectivity index (χ4v) is 3.88. The van der Waals surface area contributed by atoms with Gasteiger partial charge in [-0.3, -0.25) is 9.52 Å². The molecule has 5 heteroatoms. The number of ketones is 1. The molecule has 120 valence electrons. The van der Waals surface area contributed by atoms with Gasteiger partial charge in [0.25, 0.3) is 10.0 Å². The Balaban J connectivity index is 1.82. The molecule has 0 amide bonds. The summed E-state index contributed by atoms with van der Waals surface area (Å²) in [5, 5.41) is 0. The standard InChI is InChI=1S/C18H19NO3S/c1-12-3-4-13(2)17(11-12)23(21,22)19-16-9-7-15(8-10-16)18(20)14-5-6-14/h3-4,7-11,14,19H,5-6H2,1-2H3. The molecule has 2 aromatic carbocycles. The van der Waals surface area contributed by atoms with Gasteiger partial charge in [-0.15, -0.1) is 0 Å². The van der Waals surface area contributed by atoms with Crippen molar-refractivity contribution in [3.63, 3.8) is 0 Å². The number of benzene rings is 2. The number of anilines is 1. The molecule has 0 spiro atoms. The van der Waals surface area contributed by atoms with Crippen molar-refractivity contribution in [2.75, 3.05) is 4.72 Å². The van der Waals surface area contributed by atoms with Crippen molar-refractivity contribution < 1.29 is 13.2 Å². The third-order valence-corrected chi connectivity index (χ3v) is 5.53. The summed E-state index contributed by atoms with van der Waals surface area (Å²) in [5.41, 5.74) is 2.69. The number of sulfonamides is 1. The van der Waals surface area contributed by atoms with E-state index in [1.165, 1.54) is 0 Å². The van der Waals surface area contributed by atoms with Crippen LogP contribution >= 0.6 is 0 Å². The van der Waals surface area contributed by atoms with Gasteiger partial charge in [-0.05, 0) is 68.1 Å². The van der Waals surface area contributed by atoms with Crippen LogP contribution in [0.5, 0.6) is 0 Å². The van der Waals surface area contributed by atoms with Crippen molar-refractivity contribution in [2.24, 2.45) is 5.92 Å². The van der Waals surface area contributed by atoms with E-state index in [2.05, 4.69) is 4.72 Å². The number of rotatable bonds is 5. The molecule has 0 aromatic heterocycles. The molecule has 1 aliphatic carbocycles. The van der Waals surface area contributed by atoms with E-state index in [0.717, 1.165) is 18.4 Å². The molecule has 0 unspecified atom stereocenters. The molecule has 3 rings (SSSR count). The van der Waals surface area contributed by atoms with Crippen molar-refractivity contribution in [1.29, 1.82) is 0 Å². The van der Waals surface area contributed by atoms with Crippen molar-refractivity contribution in [2.45, 2.75) is 31.6 Å². The fraction of sp³-hybridized carbons (Fsp3) is 0.278. The summed E-state index contributed by atoms with van der Waals surface area (Å²) < 4.78 is 27.6. The van der Waals surface area contributed by atoms with E-state index in [4.69, 9.17) is 0 Å². The first-order valence-electron chi connectivity index (χ1n) is 7.61. The molecular weight excluding hydrogens is 310 g/mol. The summed E-state index contributed by atoms with van der Waals surface area (Å²) in [6.45, 7) is 3.63. The van der Waals surface area contributed by atoms with Crippen molar-refractivity contribution in [3.8, 4) is 0 Å². The van der Waals surface area contributed by atoms with E-state index in [9.17, 15) is 13.2 Å². The fourth-order valence-electron chi connectivity index (χ4n) is 2.49. The van der Waals surface area contributed by atoms with Crippen LogP contribution in [0, 0.1) is 19.8 Å². The van der Waals surface area contributed by atoms with Crippen LogP contribution in [0.2, 0.25) is 0 Å². The van der Waals surface area contributed by atoms with Gasteiger partial charge in [-0.25, -0.2) is 8.42 Å². The lowest BCUT2D eigenvalue weighted by Gasteiger charge is -2.11. The number of hydrogen-bond acceptors (Lipinski definition) is 3. The Bertz CT molecular complexity index is 850. The van der Waals surface area contributed by atoms with Gasteiger partial charge in [0, 0.05) is 17.2 Å². The maximum atomic E-state index is 12.5. The van der Waals surface area contributed by atoms with Gasteiger partial charge in [0.1, 0.15) is 0 Å². The minimum absolute atomic E-state index is 0.147. The third-order valence-electron chi connectivity index (χ3n) is 4.00. The van der Waals surface area contributed by atoms with Gasteiger partial charge in [0.15, 0.2) is 5.78 Å². The molecule has 1 fully saturated rings. The van der Waals surface area contributed by atoms with Crippen LogP contribution in [0.3, 0.4) is 0 Å². The molecule has 2 aromatic rings. The topological polar surface area (TPSA) is 63.2 Å². The lowest BCUT2D eigenvalue weighted by Crippen LogP contribution is -2.14. The summed E-state index contributed by atoms with van der Waals surface area (Å²) in [7, 11) is -3.64. The predicted octanol–water partition coefficient (Wildman–Crippen LogP) is 3.70. The SMILES string of the molecule is Cc1ccc(C)c(S(=O)(=O)Nc2ccc(C(=O)C3CC3)cc2)c1. The van der Waals surface area contributed by atoms with Crippen LogP contribution in [-0.4, -0.2) is 14.2 Å². The molecule has 1 saturated carbocycles. The van der Waals surface area contributed by atoms with Crippen LogP contribution in [0.4, 0.5) is 5.69 Å². The van der Waals surface area contributed by atoms with Gasteiger partial charge in [-0.2, -0.15) is 0 Å². The van der Waals surface area contributed by atoms with E-state index in [1.807, 2.05) is 13.0 Å². The summed E-state index contributed by atoms with van der Waals surface area (Å²) >= 11 is 0. The van der Waals surface area contributed by atoms with E-state index in [1.54, 1.807) is 43.3 Å². The highest BCUT2D eigenvalue weighted by atomic mass is 32.2. The summed E-state index contributed by atoms with van der Waals surface area (Å²) in [6.07, 6.45) is 1.92. The zero-order valence-corrected chi connectivity index (χ0v) is 14.0. The Hall–Kier alpha value is -2.14. The molecule has 0 radical (unpaired) electrons. The number of aryl methyl sites for hydroxylation is 2. The van der Waals surface area contributed by atoms with E-state index >= 15 is 0 Å². The second kappa shape index (κ2) is 5.81. The second-order valence-electron chi connectivity index (χ2n) is 6.09. The minimum atomic E-state index is -3.64. The molecular formula is C18H19NO3S. The van der Waals surface area contributed by atoms with Gasteiger partial charge >= 0.3 is 0 Å². The molecule has 1 N–H and O–H groups in total. The maximum absolute atomic E-state index is 12.5. The van der Waals surface area contributed by atoms with Crippen LogP contribution in [0.1, 0.15) is 34.3 Å². The molecule has 0 aliphatic heterocycles. The van der Waals surface area contributed by atoms with Crippen molar-refractivity contribution in [1.82, 2.24) is 0 Å². The van der Waals surface area contributed by atoms with Crippen LogP contribution in [0.25, 0.3) is 0 Å². The first kappa shape index (κ1) is 15.7. The van der Waals surface area contributed by atoms with Crippen LogP contribution in [-0.2, 0) is 10.0 Å². The molecule has 23 heavy (non-hydrogen) atoms. The van der Waals surface area contributed by atoms with Gasteiger partial charge in [0.05, 0.1) is 4.90 Å². The van der Waals surface area contributed by atoms with E-state index in [-0.39, 0.29) is 16.6 Å². The number of hydrogen-bond donors (Lipinski definition) is 1. The molecule has 0 heterocycles. The van der Waals surface area contributed by atoms with Crippen LogP contribution in [0.15, 0.2) is 47.4 Å². The molecule has 0 atom stereocenters. The number of carbonyl (C=O) groups excluding carboxylic acids is 1. The third kappa shape index (κ3) is 3.45. The average molecular weight is 329 g/mol. The quantitative estimate of drug-likeness (QED) is 0.851. The first-order chi connectivity index (χ1) is 10.9. The monoisotopic (exact) mass is 329 g/mol. The minimum Gasteiger partial charge on any atom is -0.294 e. The summed E-state index contributed by atoms with van der Waals surface area (Å²) in [4.78, 5) is 12.2. The summed E-state index contributed by atoms with van der Waals surface area (Å²) in [6, 6.07) is 12.0. The Labute approximate surface area is 136 Å². The number of Topliss-reactive ketones (excluding diaryl/α,β-unsaturated/α-hetero) is 1. The Morgan fingerprint density at radius 3 is 2.30 bits per heavy atom. The van der Waals surface area contributed by atoms with Crippen molar-refractivity contribution in [3.05, 3.63) is 59.2 Å². The zero-order chi connectivity index (χ0) is 16.6. The first-order valence-corrected chi connectivity index (χ1v) is 9.09. The highest BCUT2D eigenvalue weighted by Crippen LogP contribution is 2.32. The van der Waals surface area contributed by atoms with E-state index < -0.39 is 10.0 Å². The van der Waals surface area contributed by atoms with Gasteiger partial charge in [0.2, 0.25) is 0 Å². The maximum Gasteiger partial charge on any atom is 0.262 e. The highest BCUT2D eigenvalue weighted by molar-refractivity contribution is 7.92. The van der Waals surface area contributed by atoms with Gasteiger partial charge in [-0.1, -0.05) is 12.1 Å². The van der Waals surface area contributed by atoms with E-state index in [0.29, 0.717) is 16.8 Å². The average Bonchev–Trinajstić information content (AvgIpc) is 3.34. The lowest BCUT2D eigenvalue weighted by molar-refractivity contribution is 0.0967. The molecule has 0 saturated heterocycles. The number of carbonyl (C=O) groups is 1. The Morgan fingerprint density at radius 1 is 1.04 bits per heavy atom. The molecule has 1 aliphatic rings. The molecule has 4 nitrogen and oxygen atoms in total. The normalized spacial score (nSPS) is 14.5. The van der Waals surface area contributed by atoms with Crippen LogP contribution < -0.4 is 4.72 Å². The van der Waals surface area contributed by atoms with Gasteiger partial charge < -0.3 is 0 Å². The number of nitrogens with one attached hydrogen (secondary N) is 1. The Morgan fingerprint density at radius 2 is 1.70 bits per heavy atom. The lowest BCUT2D eigenvalue weighted by atomic mass is 10.1. The molecule has 0 bridgehead atoms. The predicted molar refractivity (Wildman–Crippen MR) is 90.2 cm³/mol. The van der Waals surface area contributed by atoms with Crippen molar-refractivity contribution >= 4 is 21.5 Å². The zero-order valence-electron chi connectivity index (χ0n) is 13.2. The Kier molecular flexibility index (Phi) is 3.98. The smallest absolute Gasteiger partial charge is 0.262 e.